The molecule has 1 aliphatic heterocycles. The van der Waals surface area contributed by atoms with Crippen molar-refractivity contribution < 1.29 is 23.9 Å². The van der Waals surface area contributed by atoms with Gasteiger partial charge < -0.3 is 14.8 Å². The lowest BCUT2D eigenvalue weighted by Crippen LogP contribution is -2.32. The summed E-state index contributed by atoms with van der Waals surface area (Å²) in [6.45, 7) is 1.95. The first-order chi connectivity index (χ1) is 13.5. The summed E-state index contributed by atoms with van der Waals surface area (Å²) in [6.07, 6.45) is 0. The third kappa shape index (κ3) is 3.57. The molecule has 1 N–H and O–H groups in total. The summed E-state index contributed by atoms with van der Waals surface area (Å²) >= 11 is 6.14. The third-order valence-electron chi connectivity index (χ3n) is 4.00. The van der Waals surface area contributed by atoms with Crippen LogP contribution >= 0.6 is 11.6 Å². The van der Waals surface area contributed by atoms with Crippen LogP contribution in [0.5, 0.6) is 5.75 Å². The zero-order valence-corrected chi connectivity index (χ0v) is 15.9. The molecule has 0 saturated heterocycles. The maximum absolute atomic E-state index is 12.9. The second-order valence-corrected chi connectivity index (χ2v) is 6.11. The molecule has 1 aliphatic rings. The van der Waals surface area contributed by atoms with Crippen molar-refractivity contribution in [2.45, 2.75) is 6.92 Å². The fourth-order valence-electron chi connectivity index (χ4n) is 2.73. The van der Waals surface area contributed by atoms with Crippen molar-refractivity contribution >= 4 is 40.8 Å². The van der Waals surface area contributed by atoms with Gasteiger partial charge in [0.05, 0.1) is 25.0 Å². The molecule has 144 valence electrons. The number of carbonyl (C=O) groups is 3. The van der Waals surface area contributed by atoms with Gasteiger partial charge in [-0.1, -0.05) is 29.8 Å². The van der Waals surface area contributed by atoms with Crippen LogP contribution in [-0.4, -0.2) is 31.5 Å². The number of anilines is 2. The molecule has 0 saturated carbocycles. The van der Waals surface area contributed by atoms with E-state index in [9.17, 15) is 14.4 Å². The van der Waals surface area contributed by atoms with Crippen LogP contribution in [0.1, 0.15) is 17.3 Å². The Bertz CT molecular complexity index is 986. The molecule has 0 aliphatic carbocycles. The largest absolute Gasteiger partial charge is 0.495 e. The molecule has 1 heterocycles. The van der Waals surface area contributed by atoms with Gasteiger partial charge in [-0.25, -0.2) is 9.69 Å². The van der Waals surface area contributed by atoms with Crippen LogP contribution in [0.25, 0.3) is 0 Å². The van der Waals surface area contributed by atoms with Crippen LogP contribution in [0.4, 0.5) is 11.4 Å². The first-order valence-electron chi connectivity index (χ1n) is 8.43. The van der Waals surface area contributed by atoms with E-state index in [1.54, 1.807) is 49.4 Å². The Morgan fingerprint density at radius 1 is 1.11 bits per heavy atom. The molecule has 8 heteroatoms. The van der Waals surface area contributed by atoms with Crippen molar-refractivity contribution in [2.24, 2.45) is 0 Å². The Labute approximate surface area is 166 Å². The van der Waals surface area contributed by atoms with E-state index in [0.717, 1.165) is 4.90 Å². The summed E-state index contributed by atoms with van der Waals surface area (Å²) < 4.78 is 10.2. The van der Waals surface area contributed by atoms with E-state index in [1.807, 2.05) is 0 Å². The summed E-state index contributed by atoms with van der Waals surface area (Å²) in [5, 5.41) is 2.58. The molecular formula is C20H17ClN2O5. The number of hydrogen-bond donors (Lipinski definition) is 1. The molecule has 3 rings (SSSR count). The maximum atomic E-state index is 12.9. The highest BCUT2D eigenvalue weighted by molar-refractivity contribution is 6.53. The Kier molecular flexibility index (Phi) is 5.65. The zero-order chi connectivity index (χ0) is 20.3. The summed E-state index contributed by atoms with van der Waals surface area (Å²) in [7, 11) is 1.44. The van der Waals surface area contributed by atoms with Crippen LogP contribution in [-0.2, 0) is 14.3 Å². The number of methoxy groups -OCH3 is 1. The van der Waals surface area contributed by atoms with E-state index in [0.29, 0.717) is 17.0 Å². The molecule has 2 aromatic rings. The van der Waals surface area contributed by atoms with E-state index in [4.69, 9.17) is 21.1 Å². The number of esters is 1. The third-order valence-corrected chi connectivity index (χ3v) is 4.35. The Balaban J connectivity index is 1.90. The number of nitrogens with one attached hydrogen (secondary N) is 1. The van der Waals surface area contributed by atoms with Gasteiger partial charge in [0.25, 0.3) is 11.8 Å². The Morgan fingerprint density at radius 2 is 1.86 bits per heavy atom. The molecule has 0 bridgehead atoms. The predicted octanol–water partition coefficient (Wildman–Crippen LogP) is 3.31. The van der Waals surface area contributed by atoms with Crippen LogP contribution < -0.4 is 15.0 Å². The first-order valence-corrected chi connectivity index (χ1v) is 8.81. The number of amides is 2. The SMILES string of the molecule is CCOC(=O)c1cccc(NC2=C(Cl)C(=O)N(c3ccccc3OC)C2=O)c1. The average molecular weight is 401 g/mol. The highest BCUT2D eigenvalue weighted by Gasteiger charge is 2.40. The minimum atomic E-state index is -0.666. The van der Waals surface area contributed by atoms with Crippen molar-refractivity contribution in [2.75, 3.05) is 23.9 Å². The van der Waals surface area contributed by atoms with Crippen LogP contribution in [0.15, 0.2) is 59.3 Å². The topological polar surface area (TPSA) is 84.9 Å². The van der Waals surface area contributed by atoms with Gasteiger partial charge in [-0.2, -0.15) is 0 Å². The second-order valence-electron chi connectivity index (χ2n) is 5.73. The summed E-state index contributed by atoms with van der Waals surface area (Å²) in [5.74, 6) is -1.42. The molecule has 0 aromatic heterocycles. The van der Waals surface area contributed by atoms with E-state index in [1.165, 1.54) is 13.2 Å². The second kappa shape index (κ2) is 8.14. The number of halogens is 1. The molecule has 0 unspecified atom stereocenters. The number of benzene rings is 2. The first kappa shape index (κ1) is 19.4. The van der Waals surface area contributed by atoms with Crippen LogP contribution in [0.2, 0.25) is 0 Å². The quantitative estimate of drug-likeness (QED) is 0.591. The van der Waals surface area contributed by atoms with E-state index < -0.39 is 17.8 Å². The van der Waals surface area contributed by atoms with E-state index in [-0.39, 0.29) is 23.0 Å². The monoisotopic (exact) mass is 400 g/mol. The molecule has 2 aromatic carbocycles. The van der Waals surface area contributed by atoms with Gasteiger partial charge in [0.15, 0.2) is 0 Å². The van der Waals surface area contributed by atoms with Gasteiger partial charge in [0.2, 0.25) is 0 Å². The zero-order valence-electron chi connectivity index (χ0n) is 15.2. The molecular weight excluding hydrogens is 384 g/mol. The summed E-state index contributed by atoms with van der Waals surface area (Å²) in [5.41, 5.74) is 0.928. The number of rotatable bonds is 6. The van der Waals surface area contributed by atoms with E-state index >= 15 is 0 Å². The fraction of sp³-hybridized carbons (Fsp3) is 0.150. The predicted molar refractivity (Wildman–Crippen MR) is 104 cm³/mol. The molecule has 0 atom stereocenters. The number of carbonyl (C=O) groups excluding carboxylic acids is 3. The van der Waals surface area contributed by atoms with Crippen LogP contribution in [0.3, 0.4) is 0 Å². The van der Waals surface area contributed by atoms with Gasteiger partial charge in [0.1, 0.15) is 16.5 Å². The number of para-hydroxylation sites is 2. The lowest BCUT2D eigenvalue weighted by atomic mass is 10.2. The van der Waals surface area contributed by atoms with Gasteiger partial charge in [-0.05, 0) is 37.3 Å². The number of nitrogens with zero attached hydrogens (tertiary/aromatic N) is 1. The summed E-state index contributed by atoms with van der Waals surface area (Å²) in [6, 6.07) is 13.0. The van der Waals surface area contributed by atoms with Crippen LogP contribution in [0, 0.1) is 0 Å². The smallest absolute Gasteiger partial charge is 0.338 e. The summed E-state index contributed by atoms with van der Waals surface area (Å²) in [4.78, 5) is 38.3. The maximum Gasteiger partial charge on any atom is 0.338 e. The average Bonchev–Trinajstić information content (AvgIpc) is 2.91. The highest BCUT2D eigenvalue weighted by atomic mass is 35.5. The number of imide groups is 1. The van der Waals surface area contributed by atoms with Gasteiger partial charge in [0, 0.05) is 5.69 Å². The molecule has 28 heavy (non-hydrogen) atoms. The van der Waals surface area contributed by atoms with Crippen molar-refractivity contribution in [3.8, 4) is 5.75 Å². The van der Waals surface area contributed by atoms with Crippen molar-refractivity contribution in [1.82, 2.24) is 0 Å². The lowest BCUT2D eigenvalue weighted by molar-refractivity contribution is -0.120. The minimum absolute atomic E-state index is 0.0846. The minimum Gasteiger partial charge on any atom is -0.495 e. The number of hydrogen-bond acceptors (Lipinski definition) is 6. The van der Waals surface area contributed by atoms with Gasteiger partial charge in [-0.3, -0.25) is 9.59 Å². The molecule has 0 fully saturated rings. The standard InChI is InChI=1S/C20H17ClN2O5/c1-3-28-20(26)12-7-6-8-13(11-12)22-17-16(21)18(24)23(19(17)25)14-9-4-5-10-15(14)27-2/h4-11,22H,3H2,1-2H3. The Hall–Kier alpha value is -3.32. The highest BCUT2D eigenvalue weighted by Crippen LogP contribution is 2.35. The normalized spacial score (nSPS) is 13.8. The van der Waals surface area contributed by atoms with Gasteiger partial charge >= 0.3 is 5.97 Å². The fourth-order valence-corrected chi connectivity index (χ4v) is 2.94. The molecule has 0 spiro atoms. The molecule has 7 nitrogen and oxygen atoms in total. The molecule has 2 amide bonds. The van der Waals surface area contributed by atoms with Crippen molar-refractivity contribution in [3.63, 3.8) is 0 Å². The Morgan fingerprint density at radius 3 is 2.57 bits per heavy atom. The lowest BCUT2D eigenvalue weighted by Gasteiger charge is -2.18. The number of ether oxygens (including phenoxy) is 2. The van der Waals surface area contributed by atoms with Crippen molar-refractivity contribution in [1.29, 1.82) is 0 Å². The van der Waals surface area contributed by atoms with Gasteiger partial charge in [-0.15, -0.1) is 0 Å². The van der Waals surface area contributed by atoms with E-state index in [2.05, 4.69) is 5.32 Å². The molecule has 0 radical (unpaired) electrons. The van der Waals surface area contributed by atoms with Crippen molar-refractivity contribution in [3.05, 3.63) is 64.8 Å².